The fourth-order valence-corrected chi connectivity index (χ4v) is 1.53. The highest BCUT2D eigenvalue weighted by Crippen LogP contribution is 2.17. The van der Waals surface area contributed by atoms with Crippen LogP contribution in [0.25, 0.3) is 5.69 Å². The standard InChI is InChI=1S/C12H14FN3/c1-3-14-12-15-6-7-16(12)10-5-4-9(2)11(13)8-10/h4-8H,3H2,1-2H3,(H,14,15). The van der Waals surface area contributed by atoms with Gasteiger partial charge in [-0.3, -0.25) is 4.57 Å². The minimum absolute atomic E-state index is 0.200. The molecule has 0 atom stereocenters. The van der Waals surface area contributed by atoms with Crippen LogP contribution in [0.15, 0.2) is 30.6 Å². The number of aromatic nitrogens is 2. The number of benzene rings is 1. The van der Waals surface area contributed by atoms with E-state index in [0.29, 0.717) is 5.56 Å². The van der Waals surface area contributed by atoms with Crippen LogP contribution in [0.3, 0.4) is 0 Å². The number of aryl methyl sites for hydroxylation is 1. The molecule has 0 saturated carbocycles. The molecular formula is C12H14FN3. The highest BCUT2D eigenvalue weighted by atomic mass is 19.1. The molecule has 0 unspecified atom stereocenters. The fourth-order valence-electron chi connectivity index (χ4n) is 1.53. The van der Waals surface area contributed by atoms with E-state index in [1.54, 1.807) is 19.2 Å². The van der Waals surface area contributed by atoms with Crippen molar-refractivity contribution >= 4 is 5.95 Å². The van der Waals surface area contributed by atoms with E-state index in [1.807, 2.05) is 23.8 Å². The molecule has 0 aliphatic rings. The monoisotopic (exact) mass is 219 g/mol. The van der Waals surface area contributed by atoms with Crippen LogP contribution in [-0.4, -0.2) is 16.1 Å². The lowest BCUT2D eigenvalue weighted by Gasteiger charge is -2.09. The maximum absolute atomic E-state index is 13.4. The van der Waals surface area contributed by atoms with Gasteiger partial charge in [0.1, 0.15) is 5.82 Å². The second-order valence-electron chi connectivity index (χ2n) is 3.58. The summed E-state index contributed by atoms with van der Waals surface area (Å²) in [7, 11) is 0. The van der Waals surface area contributed by atoms with Crippen LogP contribution in [0, 0.1) is 12.7 Å². The maximum Gasteiger partial charge on any atom is 0.207 e. The van der Waals surface area contributed by atoms with E-state index in [9.17, 15) is 4.39 Å². The first kappa shape index (κ1) is 10.7. The van der Waals surface area contributed by atoms with E-state index in [2.05, 4.69) is 10.3 Å². The Morgan fingerprint density at radius 1 is 1.44 bits per heavy atom. The average molecular weight is 219 g/mol. The molecule has 2 rings (SSSR count). The molecule has 4 heteroatoms. The van der Waals surface area contributed by atoms with Crippen LogP contribution in [0.1, 0.15) is 12.5 Å². The summed E-state index contributed by atoms with van der Waals surface area (Å²) in [4.78, 5) is 4.16. The second-order valence-corrected chi connectivity index (χ2v) is 3.58. The Balaban J connectivity index is 2.42. The van der Waals surface area contributed by atoms with Crippen molar-refractivity contribution in [3.8, 4) is 5.69 Å². The Kier molecular flexibility index (Phi) is 2.90. The third-order valence-corrected chi connectivity index (χ3v) is 2.41. The Morgan fingerprint density at radius 3 is 2.94 bits per heavy atom. The summed E-state index contributed by atoms with van der Waals surface area (Å²) < 4.78 is 15.3. The summed E-state index contributed by atoms with van der Waals surface area (Å²) in [6.07, 6.45) is 3.50. The minimum atomic E-state index is -0.200. The lowest BCUT2D eigenvalue weighted by molar-refractivity contribution is 0.617. The number of imidazole rings is 1. The quantitative estimate of drug-likeness (QED) is 0.860. The van der Waals surface area contributed by atoms with Crippen molar-refractivity contribution in [3.05, 3.63) is 42.0 Å². The third kappa shape index (κ3) is 1.91. The molecule has 84 valence electrons. The van der Waals surface area contributed by atoms with Crippen molar-refractivity contribution in [2.24, 2.45) is 0 Å². The van der Waals surface area contributed by atoms with Crippen LogP contribution in [0.2, 0.25) is 0 Å². The molecule has 1 N–H and O–H groups in total. The molecule has 0 spiro atoms. The molecular weight excluding hydrogens is 205 g/mol. The summed E-state index contributed by atoms with van der Waals surface area (Å²) in [5, 5.41) is 3.12. The summed E-state index contributed by atoms with van der Waals surface area (Å²) >= 11 is 0. The molecule has 0 aliphatic carbocycles. The zero-order valence-corrected chi connectivity index (χ0v) is 9.37. The summed E-state index contributed by atoms with van der Waals surface area (Å²) in [6.45, 7) is 4.53. The third-order valence-electron chi connectivity index (χ3n) is 2.41. The normalized spacial score (nSPS) is 10.4. The van der Waals surface area contributed by atoms with E-state index in [-0.39, 0.29) is 5.82 Å². The van der Waals surface area contributed by atoms with Gasteiger partial charge in [-0.2, -0.15) is 0 Å². The molecule has 0 amide bonds. The van der Waals surface area contributed by atoms with Crippen molar-refractivity contribution in [2.45, 2.75) is 13.8 Å². The summed E-state index contributed by atoms with van der Waals surface area (Å²) in [6, 6.07) is 5.15. The maximum atomic E-state index is 13.4. The van der Waals surface area contributed by atoms with Crippen molar-refractivity contribution in [1.29, 1.82) is 0 Å². The Labute approximate surface area is 93.9 Å². The summed E-state index contributed by atoms with van der Waals surface area (Å²) in [5.74, 6) is 0.527. The van der Waals surface area contributed by atoms with E-state index in [4.69, 9.17) is 0 Å². The SMILES string of the molecule is CCNc1nccn1-c1ccc(C)c(F)c1. The number of hydrogen-bond donors (Lipinski definition) is 1. The molecule has 0 bridgehead atoms. The van der Waals surface area contributed by atoms with Crippen molar-refractivity contribution in [1.82, 2.24) is 9.55 Å². The van der Waals surface area contributed by atoms with Gasteiger partial charge in [0.15, 0.2) is 0 Å². The van der Waals surface area contributed by atoms with Gasteiger partial charge in [-0.15, -0.1) is 0 Å². The number of anilines is 1. The van der Waals surface area contributed by atoms with Crippen LogP contribution >= 0.6 is 0 Å². The first-order chi connectivity index (χ1) is 7.72. The fraction of sp³-hybridized carbons (Fsp3) is 0.250. The van der Waals surface area contributed by atoms with Gasteiger partial charge in [0.25, 0.3) is 0 Å². The van der Waals surface area contributed by atoms with E-state index < -0.39 is 0 Å². The lowest BCUT2D eigenvalue weighted by atomic mass is 10.2. The molecule has 0 radical (unpaired) electrons. The molecule has 3 nitrogen and oxygen atoms in total. The smallest absolute Gasteiger partial charge is 0.207 e. The van der Waals surface area contributed by atoms with Gasteiger partial charge in [0.05, 0.1) is 5.69 Å². The topological polar surface area (TPSA) is 29.9 Å². The molecule has 16 heavy (non-hydrogen) atoms. The van der Waals surface area contributed by atoms with Gasteiger partial charge in [0.2, 0.25) is 5.95 Å². The summed E-state index contributed by atoms with van der Waals surface area (Å²) in [5.41, 5.74) is 1.42. The Bertz CT molecular complexity index is 491. The van der Waals surface area contributed by atoms with E-state index in [1.165, 1.54) is 6.07 Å². The van der Waals surface area contributed by atoms with E-state index >= 15 is 0 Å². The molecule has 1 aromatic carbocycles. The number of hydrogen-bond acceptors (Lipinski definition) is 2. The molecule has 1 aromatic heterocycles. The lowest BCUT2D eigenvalue weighted by Crippen LogP contribution is -2.05. The van der Waals surface area contributed by atoms with Crippen molar-refractivity contribution in [2.75, 3.05) is 11.9 Å². The predicted molar refractivity (Wildman–Crippen MR) is 62.4 cm³/mol. The Morgan fingerprint density at radius 2 is 2.25 bits per heavy atom. The minimum Gasteiger partial charge on any atom is -0.356 e. The van der Waals surface area contributed by atoms with Crippen LogP contribution in [0.4, 0.5) is 10.3 Å². The zero-order valence-electron chi connectivity index (χ0n) is 9.37. The highest BCUT2D eigenvalue weighted by Gasteiger charge is 2.05. The van der Waals surface area contributed by atoms with Gasteiger partial charge < -0.3 is 5.32 Å². The zero-order chi connectivity index (χ0) is 11.5. The van der Waals surface area contributed by atoms with Crippen LogP contribution < -0.4 is 5.32 Å². The van der Waals surface area contributed by atoms with Crippen LogP contribution in [0.5, 0.6) is 0 Å². The number of nitrogens with one attached hydrogen (secondary N) is 1. The second kappa shape index (κ2) is 4.35. The molecule has 1 heterocycles. The van der Waals surface area contributed by atoms with Gasteiger partial charge in [-0.1, -0.05) is 6.07 Å². The van der Waals surface area contributed by atoms with Gasteiger partial charge in [-0.25, -0.2) is 9.37 Å². The molecule has 2 aromatic rings. The first-order valence-corrected chi connectivity index (χ1v) is 5.26. The first-order valence-electron chi connectivity index (χ1n) is 5.26. The van der Waals surface area contributed by atoms with Crippen molar-refractivity contribution < 1.29 is 4.39 Å². The number of rotatable bonds is 3. The van der Waals surface area contributed by atoms with Gasteiger partial charge in [-0.05, 0) is 31.5 Å². The van der Waals surface area contributed by atoms with Gasteiger partial charge >= 0.3 is 0 Å². The van der Waals surface area contributed by atoms with E-state index in [0.717, 1.165) is 18.2 Å². The van der Waals surface area contributed by atoms with Gasteiger partial charge in [0, 0.05) is 18.9 Å². The van der Waals surface area contributed by atoms with Crippen molar-refractivity contribution in [3.63, 3.8) is 0 Å². The Hall–Kier alpha value is -1.84. The average Bonchev–Trinajstić information content (AvgIpc) is 2.71. The molecule has 0 saturated heterocycles. The number of halogens is 1. The van der Waals surface area contributed by atoms with Crippen LogP contribution in [-0.2, 0) is 0 Å². The number of nitrogens with zero attached hydrogens (tertiary/aromatic N) is 2. The molecule has 0 aliphatic heterocycles. The molecule has 0 fully saturated rings. The predicted octanol–water partition coefficient (Wildman–Crippen LogP) is 2.75. The highest BCUT2D eigenvalue weighted by molar-refractivity contribution is 5.43. The largest absolute Gasteiger partial charge is 0.356 e.